The van der Waals surface area contributed by atoms with Crippen LogP contribution in [0.1, 0.15) is 24.2 Å². The lowest BCUT2D eigenvalue weighted by molar-refractivity contribution is 0.101. The van der Waals surface area contributed by atoms with E-state index in [4.69, 9.17) is 13.6 Å². The number of benzene rings is 1. The minimum atomic E-state index is -0.0858. The van der Waals surface area contributed by atoms with Crippen molar-refractivity contribution >= 4 is 19.3 Å². The zero-order valence-corrected chi connectivity index (χ0v) is 8.08. The van der Waals surface area contributed by atoms with Crippen molar-refractivity contribution in [1.82, 2.24) is 0 Å². The van der Waals surface area contributed by atoms with Crippen molar-refractivity contribution < 1.29 is 4.79 Å². The summed E-state index contributed by atoms with van der Waals surface area (Å²) in [5.74, 6) is -0.0858. The van der Waals surface area contributed by atoms with E-state index in [0.29, 0.717) is 11.3 Å². The molecule has 0 aromatic heterocycles. The van der Waals surface area contributed by atoms with Crippen molar-refractivity contribution in [1.29, 1.82) is 0 Å². The third-order valence-corrected chi connectivity index (χ3v) is 1.39. The molecule has 0 unspecified atom stereocenters. The Bertz CT molecular complexity index is 273. The predicted molar refractivity (Wildman–Crippen MR) is 57.1 cm³/mol. The fraction of sp³-hybridized carbons (Fsp3) is 0.300. The molecule has 2 N–H and O–H groups in total. The van der Waals surface area contributed by atoms with Crippen molar-refractivity contribution in [2.24, 2.45) is 0 Å². The SMILES string of the molecule is CC.[B]CC(=O)c1cccc(N)c1. The van der Waals surface area contributed by atoms with E-state index >= 15 is 0 Å². The van der Waals surface area contributed by atoms with E-state index in [9.17, 15) is 4.79 Å². The Hall–Kier alpha value is -1.25. The lowest BCUT2D eigenvalue weighted by atomic mass is 9.96. The van der Waals surface area contributed by atoms with E-state index in [1.807, 2.05) is 13.8 Å². The molecule has 1 aromatic carbocycles. The van der Waals surface area contributed by atoms with Crippen LogP contribution < -0.4 is 5.73 Å². The van der Waals surface area contributed by atoms with Gasteiger partial charge >= 0.3 is 0 Å². The molecule has 0 saturated carbocycles. The minimum absolute atomic E-state index is 0.0312. The fourth-order valence-corrected chi connectivity index (χ4v) is 0.830. The third kappa shape index (κ3) is 3.79. The molecule has 68 valence electrons. The number of hydrogen-bond donors (Lipinski definition) is 1. The van der Waals surface area contributed by atoms with Crippen LogP contribution in [-0.2, 0) is 0 Å². The van der Waals surface area contributed by atoms with Crippen molar-refractivity contribution in [2.75, 3.05) is 5.73 Å². The van der Waals surface area contributed by atoms with E-state index in [-0.39, 0.29) is 12.1 Å². The van der Waals surface area contributed by atoms with Crippen LogP contribution >= 0.6 is 0 Å². The van der Waals surface area contributed by atoms with Crippen LogP contribution in [-0.4, -0.2) is 13.6 Å². The van der Waals surface area contributed by atoms with Crippen LogP contribution in [0.4, 0.5) is 5.69 Å². The average molecular weight is 175 g/mol. The highest BCUT2D eigenvalue weighted by Crippen LogP contribution is 2.07. The largest absolute Gasteiger partial charge is 0.399 e. The molecule has 3 heteroatoms. The van der Waals surface area contributed by atoms with Gasteiger partial charge in [0.2, 0.25) is 0 Å². The van der Waals surface area contributed by atoms with Crippen LogP contribution in [0.25, 0.3) is 0 Å². The summed E-state index contributed by atoms with van der Waals surface area (Å²) in [6.45, 7) is 4.00. The normalized spacial score (nSPS) is 8.46. The number of Topliss-reactive ketones (excluding diaryl/α,β-unsaturated/α-hetero) is 1. The van der Waals surface area contributed by atoms with Gasteiger partial charge in [-0.05, 0) is 18.5 Å². The minimum Gasteiger partial charge on any atom is -0.399 e. The smallest absolute Gasteiger partial charge is 0.154 e. The second-order valence-corrected chi connectivity index (χ2v) is 2.25. The molecule has 0 aliphatic heterocycles. The number of nitrogen functional groups attached to an aromatic ring is 1. The third-order valence-electron chi connectivity index (χ3n) is 1.39. The predicted octanol–water partition coefficient (Wildman–Crippen LogP) is 2.06. The molecule has 13 heavy (non-hydrogen) atoms. The van der Waals surface area contributed by atoms with Crippen molar-refractivity contribution in [3.8, 4) is 0 Å². The standard InChI is InChI=1S/C8H8BNO.C2H6/c9-5-8(11)6-2-1-3-7(10)4-6;1-2/h1-4H,5,10H2;1-2H3. The second kappa shape index (κ2) is 6.29. The molecule has 0 aliphatic carbocycles. The van der Waals surface area contributed by atoms with Crippen LogP contribution in [0.5, 0.6) is 0 Å². The molecule has 0 spiro atoms. The second-order valence-electron chi connectivity index (χ2n) is 2.25. The summed E-state index contributed by atoms with van der Waals surface area (Å²) in [5.41, 5.74) is 6.62. The van der Waals surface area contributed by atoms with Crippen LogP contribution in [0.3, 0.4) is 0 Å². The topological polar surface area (TPSA) is 43.1 Å². The van der Waals surface area contributed by atoms with Gasteiger partial charge in [-0.15, -0.1) is 0 Å². The van der Waals surface area contributed by atoms with Gasteiger partial charge in [-0.3, -0.25) is 4.79 Å². The monoisotopic (exact) mass is 175 g/mol. The molecular formula is C10H14BNO. The van der Waals surface area contributed by atoms with Crippen LogP contribution in [0.2, 0.25) is 6.32 Å². The summed E-state index contributed by atoms with van der Waals surface area (Å²) in [5, 5.41) is 0. The first-order chi connectivity index (χ1) is 6.24. The van der Waals surface area contributed by atoms with Crippen molar-refractivity contribution in [2.45, 2.75) is 20.2 Å². The molecular weight excluding hydrogens is 161 g/mol. The fourth-order valence-electron chi connectivity index (χ4n) is 0.830. The Morgan fingerprint density at radius 2 is 2.08 bits per heavy atom. The molecule has 1 rings (SSSR count). The van der Waals surface area contributed by atoms with E-state index in [1.54, 1.807) is 24.3 Å². The quantitative estimate of drug-likeness (QED) is 0.424. The Balaban J connectivity index is 0.000000671. The summed E-state index contributed by atoms with van der Waals surface area (Å²) < 4.78 is 0. The van der Waals surface area contributed by atoms with Gasteiger partial charge in [0.25, 0.3) is 0 Å². The highest BCUT2D eigenvalue weighted by molar-refractivity contribution is 6.24. The zero-order chi connectivity index (χ0) is 10.3. The van der Waals surface area contributed by atoms with Gasteiger partial charge in [-0.2, -0.15) is 0 Å². The number of anilines is 1. The number of ketones is 1. The number of hydrogen-bond acceptors (Lipinski definition) is 2. The van der Waals surface area contributed by atoms with E-state index in [2.05, 4.69) is 0 Å². The van der Waals surface area contributed by atoms with Gasteiger partial charge < -0.3 is 5.73 Å². The Morgan fingerprint density at radius 1 is 1.46 bits per heavy atom. The molecule has 2 nitrogen and oxygen atoms in total. The molecule has 0 atom stereocenters. The molecule has 0 saturated heterocycles. The Morgan fingerprint density at radius 3 is 2.54 bits per heavy atom. The van der Waals surface area contributed by atoms with Gasteiger partial charge in [-0.1, -0.05) is 26.0 Å². The number of carbonyl (C=O) groups is 1. The summed E-state index contributed by atoms with van der Waals surface area (Å²) in [4.78, 5) is 11.0. The molecule has 2 radical (unpaired) electrons. The highest BCUT2D eigenvalue weighted by Gasteiger charge is 2.00. The molecule has 0 heterocycles. The first-order valence-electron chi connectivity index (χ1n) is 4.33. The Labute approximate surface area is 80.6 Å². The maximum absolute atomic E-state index is 11.0. The van der Waals surface area contributed by atoms with Gasteiger partial charge in [-0.25, -0.2) is 0 Å². The zero-order valence-electron chi connectivity index (χ0n) is 8.08. The summed E-state index contributed by atoms with van der Waals surface area (Å²) in [6.07, 6.45) is 0.0312. The summed E-state index contributed by atoms with van der Waals surface area (Å²) >= 11 is 0. The molecule has 0 fully saturated rings. The maximum atomic E-state index is 11.0. The van der Waals surface area contributed by atoms with Gasteiger partial charge in [0.05, 0.1) is 7.85 Å². The first kappa shape index (κ1) is 11.8. The first-order valence-corrected chi connectivity index (χ1v) is 4.33. The van der Waals surface area contributed by atoms with Crippen molar-refractivity contribution in [3.63, 3.8) is 0 Å². The number of nitrogens with two attached hydrogens (primary N) is 1. The van der Waals surface area contributed by atoms with E-state index < -0.39 is 0 Å². The molecule has 1 aromatic rings. The molecule has 0 aliphatic rings. The van der Waals surface area contributed by atoms with Gasteiger partial charge in [0, 0.05) is 11.3 Å². The van der Waals surface area contributed by atoms with Gasteiger partial charge in [0.15, 0.2) is 5.78 Å². The number of carbonyl (C=O) groups excluding carboxylic acids is 1. The van der Waals surface area contributed by atoms with E-state index in [0.717, 1.165) is 0 Å². The lowest BCUT2D eigenvalue weighted by Crippen LogP contribution is -1.98. The average Bonchev–Trinajstić information content (AvgIpc) is 2.20. The maximum Gasteiger partial charge on any atom is 0.154 e. The van der Waals surface area contributed by atoms with E-state index in [1.165, 1.54) is 0 Å². The van der Waals surface area contributed by atoms with Crippen LogP contribution in [0, 0.1) is 0 Å². The van der Waals surface area contributed by atoms with Crippen LogP contribution in [0.15, 0.2) is 24.3 Å². The molecule has 0 amide bonds. The molecule has 0 bridgehead atoms. The summed E-state index contributed by atoms with van der Waals surface area (Å²) in [7, 11) is 5.16. The van der Waals surface area contributed by atoms with Crippen molar-refractivity contribution in [3.05, 3.63) is 29.8 Å². The van der Waals surface area contributed by atoms with Gasteiger partial charge in [0.1, 0.15) is 0 Å². The number of rotatable bonds is 2. The summed E-state index contributed by atoms with van der Waals surface area (Å²) in [6, 6.07) is 6.78. The highest BCUT2D eigenvalue weighted by atomic mass is 16.1. The lowest BCUT2D eigenvalue weighted by Gasteiger charge is -1.97. The Kier molecular flexibility index (Phi) is 5.69.